The smallest absolute Gasteiger partial charge is 0.264 e. The third-order valence-corrected chi connectivity index (χ3v) is 6.37. The molecule has 0 aliphatic heterocycles. The molecule has 8 heteroatoms. The van der Waals surface area contributed by atoms with Crippen LogP contribution < -0.4 is 9.62 Å². The summed E-state index contributed by atoms with van der Waals surface area (Å²) < 4.78 is 27.4. The quantitative estimate of drug-likeness (QED) is 0.712. The van der Waals surface area contributed by atoms with Gasteiger partial charge < -0.3 is 5.32 Å². The van der Waals surface area contributed by atoms with E-state index < -0.39 is 15.9 Å². The minimum absolute atomic E-state index is 0.0748. The van der Waals surface area contributed by atoms with Crippen LogP contribution in [0.3, 0.4) is 0 Å². The minimum Gasteiger partial charge on any atom is -0.352 e. The zero-order valence-corrected chi connectivity index (χ0v) is 17.6. The number of anilines is 1. The van der Waals surface area contributed by atoms with Crippen molar-refractivity contribution in [1.29, 1.82) is 0 Å². The van der Waals surface area contributed by atoms with Gasteiger partial charge in [0.15, 0.2) is 0 Å². The van der Waals surface area contributed by atoms with Crippen molar-refractivity contribution in [2.45, 2.75) is 31.7 Å². The largest absolute Gasteiger partial charge is 0.352 e. The van der Waals surface area contributed by atoms with Gasteiger partial charge in [-0.1, -0.05) is 55.2 Å². The van der Waals surface area contributed by atoms with Gasteiger partial charge in [0.2, 0.25) is 5.91 Å². The number of nitrogens with one attached hydrogen (secondary N) is 1. The van der Waals surface area contributed by atoms with E-state index in [0.717, 1.165) is 4.31 Å². The first kappa shape index (κ1) is 21.5. The summed E-state index contributed by atoms with van der Waals surface area (Å²) in [5.74, 6) is -0.194. The van der Waals surface area contributed by atoms with Crippen LogP contribution in [-0.2, 0) is 14.8 Å². The van der Waals surface area contributed by atoms with Crippen LogP contribution in [0.15, 0.2) is 53.4 Å². The van der Waals surface area contributed by atoms with Crippen molar-refractivity contribution in [3.63, 3.8) is 0 Å². The van der Waals surface area contributed by atoms with Crippen LogP contribution in [0.5, 0.6) is 0 Å². The van der Waals surface area contributed by atoms with Gasteiger partial charge in [-0.3, -0.25) is 9.10 Å². The molecular weight excluding hydrogens is 407 g/mol. The summed E-state index contributed by atoms with van der Waals surface area (Å²) in [5, 5.41) is 3.38. The third kappa shape index (κ3) is 5.61. The van der Waals surface area contributed by atoms with E-state index in [-0.39, 0.29) is 39.1 Å². The zero-order chi connectivity index (χ0) is 20.2. The highest BCUT2D eigenvalue weighted by atomic mass is 35.5. The summed E-state index contributed by atoms with van der Waals surface area (Å²) in [7, 11) is -3.98. The molecule has 1 unspecified atom stereocenters. The van der Waals surface area contributed by atoms with Gasteiger partial charge in [-0.05, 0) is 43.2 Å². The molecule has 0 saturated carbocycles. The Hall–Kier alpha value is -1.76. The summed E-state index contributed by atoms with van der Waals surface area (Å²) in [5.41, 5.74) is 0.226. The molecule has 2 aromatic carbocycles. The van der Waals surface area contributed by atoms with Crippen LogP contribution in [0.1, 0.15) is 20.8 Å². The molecule has 0 aliphatic carbocycles. The van der Waals surface area contributed by atoms with Crippen LogP contribution >= 0.6 is 23.2 Å². The van der Waals surface area contributed by atoms with Gasteiger partial charge in [-0.2, -0.15) is 0 Å². The summed E-state index contributed by atoms with van der Waals surface area (Å²) in [6, 6.07) is 12.2. The van der Waals surface area contributed by atoms with Crippen molar-refractivity contribution in [1.82, 2.24) is 5.32 Å². The lowest BCUT2D eigenvalue weighted by molar-refractivity contribution is -0.120. The zero-order valence-electron chi connectivity index (χ0n) is 15.3. The van der Waals surface area contributed by atoms with E-state index in [1.54, 1.807) is 18.2 Å². The van der Waals surface area contributed by atoms with Crippen LogP contribution in [0, 0.1) is 5.92 Å². The second-order valence-electron chi connectivity index (χ2n) is 6.55. The number of sulfonamides is 1. The molecule has 0 fully saturated rings. The summed E-state index contributed by atoms with van der Waals surface area (Å²) in [6.45, 7) is 5.43. The topological polar surface area (TPSA) is 66.5 Å². The van der Waals surface area contributed by atoms with E-state index in [4.69, 9.17) is 23.2 Å². The number of hydrogen-bond donors (Lipinski definition) is 1. The average Bonchev–Trinajstić information content (AvgIpc) is 2.59. The second-order valence-corrected chi connectivity index (χ2v) is 9.29. The van der Waals surface area contributed by atoms with Gasteiger partial charge in [-0.15, -0.1) is 0 Å². The first-order valence-electron chi connectivity index (χ1n) is 8.44. The number of benzene rings is 2. The molecule has 2 aromatic rings. The van der Waals surface area contributed by atoms with Crippen molar-refractivity contribution in [2.75, 3.05) is 10.8 Å². The Bertz CT molecular complexity index is 882. The second kappa shape index (κ2) is 8.95. The van der Waals surface area contributed by atoms with Gasteiger partial charge in [0.05, 0.1) is 10.6 Å². The number of carbonyl (C=O) groups excluding carboxylic acids is 1. The van der Waals surface area contributed by atoms with Crippen molar-refractivity contribution in [2.24, 2.45) is 5.92 Å². The lowest BCUT2D eigenvalue weighted by Gasteiger charge is -2.26. The summed E-state index contributed by atoms with van der Waals surface area (Å²) in [6.07, 6.45) is 0. The number of rotatable bonds is 7. The summed E-state index contributed by atoms with van der Waals surface area (Å²) >= 11 is 12.1. The molecule has 0 aromatic heterocycles. The Morgan fingerprint density at radius 1 is 1.04 bits per heavy atom. The van der Waals surface area contributed by atoms with Crippen LogP contribution in [0.4, 0.5) is 5.69 Å². The Morgan fingerprint density at radius 2 is 1.59 bits per heavy atom. The third-order valence-electron chi connectivity index (χ3n) is 4.14. The predicted octanol–water partition coefficient (Wildman–Crippen LogP) is 4.35. The molecule has 0 radical (unpaired) electrons. The van der Waals surface area contributed by atoms with Crippen molar-refractivity contribution < 1.29 is 13.2 Å². The molecule has 27 heavy (non-hydrogen) atoms. The lowest BCUT2D eigenvalue weighted by Crippen LogP contribution is -2.45. The molecule has 1 N–H and O–H groups in total. The number of amides is 1. The van der Waals surface area contributed by atoms with Crippen molar-refractivity contribution in [3.05, 3.63) is 58.6 Å². The van der Waals surface area contributed by atoms with Crippen LogP contribution in [-0.4, -0.2) is 26.9 Å². The number of carbonyl (C=O) groups is 1. The van der Waals surface area contributed by atoms with Crippen LogP contribution in [0.25, 0.3) is 0 Å². The summed E-state index contributed by atoms with van der Waals surface area (Å²) in [4.78, 5) is 12.6. The normalized spacial score (nSPS) is 12.7. The van der Waals surface area contributed by atoms with Crippen LogP contribution in [0.2, 0.25) is 10.0 Å². The SMILES string of the molecule is CC(C)C(C)NC(=O)CN(c1cc(Cl)cc(Cl)c1)S(=O)(=O)c1ccccc1. The highest BCUT2D eigenvalue weighted by Gasteiger charge is 2.28. The van der Waals surface area contributed by atoms with E-state index in [1.807, 2.05) is 20.8 Å². The lowest BCUT2D eigenvalue weighted by atomic mass is 10.1. The van der Waals surface area contributed by atoms with E-state index in [1.165, 1.54) is 30.3 Å². The van der Waals surface area contributed by atoms with Gasteiger partial charge in [0, 0.05) is 16.1 Å². The Kier molecular flexibility index (Phi) is 7.14. The fourth-order valence-electron chi connectivity index (χ4n) is 2.31. The molecule has 0 spiro atoms. The van der Waals surface area contributed by atoms with Gasteiger partial charge >= 0.3 is 0 Å². The van der Waals surface area contributed by atoms with Gasteiger partial charge in [0.25, 0.3) is 10.0 Å². The monoisotopic (exact) mass is 428 g/mol. The predicted molar refractivity (Wildman–Crippen MR) is 110 cm³/mol. The number of hydrogen-bond acceptors (Lipinski definition) is 3. The molecule has 5 nitrogen and oxygen atoms in total. The molecule has 1 atom stereocenters. The Balaban J connectivity index is 2.44. The maximum atomic E-state index is 13.2. The van der Waals surface area contributed by atoms with Crippen molar-refractivity contribution >= 4 is 44.8 Å². The highest BCUT2D eigenvalue weighted by Crippen LogP contribution is 2.29. The fraction of sp³-hybridized carbons (Fsp3) is 0.316. The number of halogens is 2. The standard InChI is InChI=1S/C19H22Cl2N2O3S/c1-13(2)14(3)22-19(24)12-23(17-10-15(20)9-16(21)11-17)27(25,26)18-7-5-4-6-8-18/h4-11,13-14H,12H2,1-3H3,(H,22,24). The minimum atomic E-state index is -3.98. The Morgan fingerprint density at radius 3 is 2.11 bits per heavy atom. The highest BCUT2D eigenvalue weighted by molar-refractivity contribution is 7.92. The molecule has 1 amide bonds. The molecule has 0 saturated heterocycles. The van der Waals surface area contributed by atoms with E-state index in [2.05, 4.69) is 5.32 Å². The number of nitrogens with zero attached hydrogens (tertiary/aromatic N) is 1. The van der Waals surface area contributed by atoms with E-state index in [9.17, 15) is 13.2 Å². The van der Waals surface area contributed by atoms with Gasteiger partial charge in [-0.25, -0.2) is 8.42 Å². The molecule has 2 rings (SSSR count). The molecule has 0 bridgehead atoms. The molecule has 0 heterocycles. The average molecular weight is 429 g/mol. The maximum Gasteiger partial charge on any atom is 0.264 e. The molecule has 0 aliphatic rings. The van der Waals surface area contributed by atoms with Gasteiger partial charge in [0.1, 0.15) is 6.54 Å². The first-order valence-corrected chi connectivity index (χ1v) is 10.6. The molecular formula is C19H22Cl2N2O3S. The fourth-order valence-corrected chi connectivity index (χ4v) is 4.25. The maximum absolute atomic E-state index is 13.2. The Labute approximate surface area is 170 Å². The van der Waals surface area contributed by atoms with E-state index in [0.29, 0.717) is 0 Å². The van der Waals surface area contributed by atoms with Crippen molar-refractivity contribution in [3.8, 4) is 0 Å². The van der Waals surface area contributed by atoms with E-state index >= 15 is 0 Å². The molecule has 146 valence electrons. The first-order chi connectivity index (χ1) is 12.6.